The molecule has 0 saturated carbocycles. The summed E-state index contributed by atoms with van der Waals surface area (Å²) in [5, 5.41) is 32.9. The van der Waals surface area contributed by atoms with Crippen molar-refractivity contribution in [1.82, 2.24) is 14.7 Å². The van der Waals surface area contributed by atoms with Gasteiger partial charge < -0.3 is 35.4 Å². The maximum Gasteiger partial charge on any atom is 0.0555 e. The van der Waals surface area contributed by atoms with E-state index in [0.717, 1.165) is 5.56 Å². The van der Waals surface area contributed by atoms with Crippen molar-refractivity contribution in [3.05, 3.63) is 29.8 Å². The zero-order valence-corrected chi connectivity index (χ0v) is 16.5. The van der Waals surface area contributed by atoms with Gasteiger partial charge in [0.1, 0.15) is 0 Å². The van der Waals surface area contributed by atoms with Gasteiger partial charge in [-0.3, -0.25) is 14.7 Å². The molecule has 10 nitrogen and oxygen atoms in total. The van der Waals surface area contributed by atoms with Gasteiger partial charge in [0.05, 0.1) is 17.9 Å². The van der Waals surface area contributed by atoms with Gasteiger partial charge in [0.25, 0.3) is 0 Å². The lowest BCUT2D eigenvalue weighted by Gasteiger charge is -2.30. The van der Waals surface area contributed by atoms with E-state index in [-0.39, 0.29) is 46.7 Å². The number of carbonyl (C=O) groups is 3. The average Bonchev–Trinajstić information content (AvgIpc) is 2.63. The normalized spacial score (nSPS) is 10.9. The minimum absolute atomic E-state index is 0. The molecule has 0 unspecified atom stereocenters. The van der Waals surface area contributed by atoms with Gasteiger partial charge >= 0.3 is 0 Å². The van der Waals surface area contributed by atoms with Crippen LogP contribution in [0.5, 0.6) is 0 Å². The molecular weight excluding hydrogens is 392 g/mol. The Balaban J connectivity index is 0.00000841. The predicted octanol–water partition coefficient (Wildman–Crippen LogP) is -3.42. The number of hydrogen-bond donors (Lipinski definition) is 1. The molecule has 30 heavy (non-hydrogen) atoms. The molecule has 1 rings (SSSR count). The van der Waals surface area contributed by atoms with Crippen molar-refractivity contribution in [2.24, 2.45) is 0 Å². The highest BCUT2D eigenvalue weighted by atomic mass is 16.4. The van der Waals surface area contributed by atoms with Crippen LogP contribution in [-0.2, 0) is 20.9 Å². The van der Waals surface area contributed by atoms with Crippen molar-refractivity contribution in [1.29, 1.82) is 0 Å². The number of anilines is 1. The first kappa shape index (κ1) is 27.3. The van der Waals surface area contributed by atoms with E-state index in [1.165, 1.54) is 0 Å². The predicted molar refractivity (Wildman–Crippen MR) is 106 cm³/mol. The first-order valence-electron chi connectivity index (χ1n) is 9.30. The van der Waals surface area contributed by atoms with Gasteiger partial charge in [0.2, 0.25) is 0 Å². The molecule has 0 saturated heterocycles. The number of carboxylic acids is 3. The highest BCUT2D eigenvalue weighted by molar-refractivity contribution is 5.67. The van der Waals surface area contributed by atoms with Crippen LogP contribution < -0.4 is 21.1 Å². The second kappa shape index (κ2) is 14.3. The fourth-order valence-electron chi connectivity index (χ4n) is 2.83. The lowest BCUT2D eigenvalue weighted by Crippen LogP contribution is -2.47. The summed E-state index contributed by atoms with van der Waals surface area (Å²) in [6.45, 7) is 2.85. The zero-order valence-electron chi connectivity index (χ0n) is 16.5. The Morgan fingerprint density at radius 1 is 0.767 bits per heavy atom. The van der Waals surface area contributed by atoms with Crippen LogP contribution in [0.1, 0.15) is 19.9 Å². The summed E-state index contributed by atoms with van der Waals surface area (Å²) >= 11 is 0. The van der Waals surface area contributed by atoms with Crippen LogP contribution in [0.25, 0.3) is 0 Å². The smallest absolute Gasteiger partial charge is 0.0555 e. The van der Waals surface area contributed by atoms with Gasteiger partial charge in [0, 0.05) is 58.0 Å². The summed E-state index contributed by atoms with van der Waals surface area (Å²) in [7, 11) is 0. The molecule has 170 valence electrons. The van der Waals surface area contributed by atoms with Crippen molar-refractivity contribution >= 4 is 23.6 Å². The molecule has 0 atom stereocenters. The van der Waals surface area contributed by atoms with Crippen molar-refractivity contribution in [2.45, 2.75) is 20.9 Å². The Labute approximate surface area is 177 Å². The Morgan fingerprint density at radius 2 is 1.17 bits per heavy atom. The summed E-state index contributed by atoms with van der Waals surface area (Å²) in [6.07, 6.45) is 0. The van der Waals surface area contributed by atoms with Crippen LogP contribution in [0.4, 0.5) is 5.69 Å². The summed E-state index contributed by atoms with van der Waals surface area (Å²) < 4.78 is 0. The number of likely N-dealkylation sites (N-methyl/N-ethyl adjacent to an activating group) is 1. The summed E-state index contributed by atoms with van der Waals surface area (Å²) in [5.74, 6) is -3.71. The molecule has 0 spiro atoms. The number of nitrogens with zero attached hydrogens (tertiary/aromatic N) is 3. The Hall–Kier alpha value is -2.69. The first-order valence-corrected chi connectivity index (χ1v) is 9.30. The largest absolute Gasteiger partial charge is 0.549 e. The fraction of sp³-hybridized carbons (Fsp3) is 0.550. The molecule has 0 fully saturated rings. The Kier molecular flexibility index (Phi) is 13.0. The number of carboxylic acid groups (broad SMARTS) is 3. The SMILES string of the molecule is C.CCN(CCN(CCN(CC(=O)[O-])Cc1ccc(N)cc1)CC(=O)[O-])CC(=O)[O-]. The van der Waals surface area contributed by atoms with Gasteiger partial charge in [0.15, 0.2) is 0 Å². The Bertz CT molecular complexity index is 668. The molecule has 2 N–H and O–H groups in total. The van der Waals surface area contributed by atoms with Crippen molar-refractivity contribution in [2.75, 3.05) is 58.1 Å². The molecule has 0 radical (unpaired) electrons. The van der Waals surface area contributed by atoms with E-state index in [4.69, 9.17) is 5.73 Å². The lowest BCUT2D eigenvalue weighted by molar-refractivity contribution is -0.308. The summed E-state index contributed by atoms with van der Waals surface area (Å²) in [5.41, 5.74) is 7.11. The maximum absolute atomic E-state index is 11.1. The quantitative estimate of drug-likeness (QED) is 0.282. The molecule has 0 aromatic heterocycles. The van der Waals surface area contributed by atoms with E-state index in [2.05, 4.69) is 0 Å². The van der Waals surface area contributed by atoms with E-state index in [1.807, 2.05) is 0 Å². The highest BCUT2D eigenvalue weighted by Gasteiger charge is 2.13. The van der Waals surface area contributed by atoms with E-state index in [0.29, 0.717) is 25.3 Å². The molecule has 0 bridgehead atoms. The molecule has 1 aromatic rings. The third-order valence-electron chi connectivity index (χ3n) is 4.36. The van der Waals surface area contributed by atoms with Crippen LogP contribution >= 0.6 is 0 Å². The van der Waals surface area contributed by atoms with Gasteiger partial charge in [-0.05, 0) is 24.2 Å². The summed E-state index contributed by atoms with van der Waals surface area (Å²) in [4.78, 5) is 37.7. The number of nitrogens with two attached hydrogens (primary N) is 1. The first-order chi connectivity index (χ1) is 13.7. The number of aliphatic carboxylic acids is 3. The molecule has 0 heterocycles. The van der Waals surface area contributed by atoms with Crippen LogP contribution in [0, 0.1) is 0 Å². The second-order valence-electron chi connectivity index (χ2n) is 6.71. The van der Waals surface area contributed by atoms with Crippen LogP contribution in [0.3, 0.4) is 0 Å². The fourth-order valence-corrected chi connectivity index (χ4v) is 2.83. The van der Waals surface area contributed by atoms with Gasteiger partial charge in [-0.25, -0.2) is 0 Å². The molecule has 0 amide bonds. The van der Waals surface area contributed by atoms with Crippen molar-refractivity contribution < 1.29 is 29.7 Å². The van der Waals surface area contributed by atoms with Gasteiger partial charge in [-0.2, -0.15) is 0 Å². The zero-order chi connectivity index (χ0) is 21.8. The summed E-state index contributed by atoms with van der Waals surface area (Å²) in [6, 6.07) is 7.00. The average molecular weight is 423 g/mol. The van der Waals surface area contributed by atoms with Crippen molar-refractivity contribution in [3.8, 4) is 0 Å². The number of hydrogen-bond acceptors (Lipinski definition) is 10. The minimum Gasteiger partial charge on any atom is -0.549 e. The topological polar surface area (TPSA) is 156 Å². The van der Waals surface area contributed by atoms with Crippen LogP contribution in [0.15, 0.2) is 24.3 Å². The van der Waals surface area contributed by atoms with E-state index >= 15 is 0 Å². The number of benzene rings is 1. The second-order valence-corrected chi connectivity index (χ2v) is 6.71. The third kappa shape index (κ3) is 12.0. The molecule has 1 aromatic carbocycles. The Morgan fingerprint density at radius 3 is 1.63 bits per heavy atom. The maximum atomic E-state index is 11.1. The monoisotopic (exact) mass is 423 g/mol. The van der Waals surface area contributed by atoms with E-state index in [9.17, 15) is 29.7 Å². The van der Waals surface area contributed by atoms with Gasteiger partial charge in [-0.15, -0.1) is 0 Å². The van der Waals surface area contributed by atoms with Crippen LogP contribution in [0.2, 0.25) is 0 Å². The molecule has 0 aliphatic carbocycles. The molecule has 10 heteroatoms. The van der Waals surface area contributed by atoms with Crippen LogP contribution in [-0.4, -0.2) is 85.0 Å². The molecule has 0 aliphatic heterocycles. The van der Waals surface area contributed by atoms with E-state index in [1.54, 1.807) is 45.9 Å². The molecule has 0 aliphatic rings. The third-order valence-corrected chi connectivity index (χ3v) is 4.36. The van der Waals surface area contributed by atoms with Crippen molar-refractivity contribution in [3.63, 3.8) is 0 Å². The molecular formula is C20H31N4O6-3. The number of rotatable bonds is 15. The standard InChI is InChI=1S/C19H30N4O6.CH4/c1-2-21(12-17(24)25)7-8-22(13-18(26)27)9-10-23(14-19(28)29)11-15-3-5-16(20)6-4-15;/h3-6H,2,7-14,20H2,1H3,(H,24,25)(H,26,27)(H,28,29);1H4/p-3. The number of carbonyl (C=O) groups excluding carboxylic acids is 3. The van der Waals surface area contributed by atoms with E-state index < -0.39 is 17.9 Å². The number of nitrogen functional groups attached to an aromatic ring is 1. The highest BCUT2D eigenvalue weighted by Crippen LogP contribution is 2.08. The lowest BCUT2D eigenvalue weighted by atomic mass is 10.2. The minimum atomic E-state index is -1.27. The van der Waals surface area contributed by atoms with Gasteiger partial charge in [-0.1, -0.05) is 26.5 Å².